The molecule has 0 aromatic carbocycles. The molecule has 1 saturated heterocycles. The van der Waals surface area contributed by atoms with Gasteiger partial charge in [0.05, 0.1) is 0 Å². The largest absolute Gasteiger partial charge is 0.300 e. The van der Waals surface area contributed by atoms with E-state index in [0.29, 0.717) is 5.41 Å². The van der Waals surface area contributed by atoms with E-state index in [1.807, 2.05) is 0 Å². The SMILES string of the molecule is CC(C)(C)C(CS)CN1CCCC2CCCCC21. The van der Waals surface area contributed by atoms with Crippen molar-refractivity contribution < 1.29 is 0 Å². The molecule has 1 aliphatic carbocycles. The first-order valence-electron chi connectivity index (χ1n) is 7.87. The molecule has 3 unspecified atom stereocenters. The van der Waals surface area contributed by atoms with E-state index in [1.54, 1.807) is 0 Å². The Hall–Kier alpha value is 0.310. The molecule has 1 aliphatic heterocycles. The molecule has 2 heteroatoms. The number of fused-ring (bicyclic) bond motifs is 1. The number of hydrogen-bond acceptors (Lipinski definition) is 2. The van der Waals surface area contributed by atoms with Crippen molar-refractivity contribution in [1.82, 2.24) is 4.90 Å². The fraction of sp³-hybridized carbons (Fsp3) is 1.00. The summed E-state index contributed by atoms with van der Waals surface area (Å²) >= 11 is 4.60. The molecule has 0 N–H and O–H groups in total. The topological polar surface area (TPSA) is 3.24 Å². The van der Waals surface area contributed by atoms with Crippen molar-refractivity contribution in [2.75, 3.05) is 18.8 Å². The fourth-order valence-electron chi connectivity index (χ4n) is 3.84. The van der Waals surface area contributed by atoms with E-state index in [2.05, 4.69) is 38.3 Å². The third-order valence-electron chi connectivity index (χ3n) is 5.26. The maximum Gasteiger partial charge on any atom is 0.0124 e. The highest BCUT2D eigenvalue weighted by atomic mass is 32.1. The first-order chi connectivity index (χ1) is 8.52. The van der Waals surface area contributed by atoms with Gasteiger partial charge in [0.1, 0.15) is 0 Å². The van der Waals surface area contributed by atoms with Gasteiger partial charge < -0.3 is 0 Å². The average molecular weight is 269 g/mol. The summed E-state index contributed by atoms with van der Waals surface area (Å²) in [4.78, 5) is 2.82. The van der Waals surface area contributed by atoms with Gasteiger partial charge in [-0.25, -0.2) is 0 Å². The molecule has 0 radical (unpaired) electrons. The molecule has 2 rings (SSSR count). The maximum absolute atomic E-state index is 4.60. The van der Waals surface area contributed by atoms with E-state index in [1.165, 1.54) is 51.6 Å². The van der Waals surface area contributed by atoms with Crippen molar-refractivity contribution >= 4 is 12.6 Å². The summed E-state index contributed by atoms with van der Waals surface area (Å²) in [6, 6.07) is 0.900. The third-order valence-corrected chi connectivity index (χ3v) is 5.70. The monoisotopic (exact) mass is 269 g/mol. The van der Waals surface area contributed by atoms with Crippen LogP contribution in [0.5, 0.6) is 0 Å². The molecular weight excluding hydrogens is 238 g/mol. The van der Waals surface area contributed by atoms with Crippen molar-refractivity contribution in [3.05, 3.63) is 0 Å². The second-order valence-electron chi connectivity index (χ2n) is 7.49. The normalized spacial score (nSPS) is 32.0. The van der Waals surface area contributed by atoms with Crippen molar-refractivity contribution in [1.29, 1.82) is 0 Å². The lowest BCUT2D eigenvalue weighted by Crippen LogP contribution is -2.50. The minimum absolute atomic E-state index is 0.392. The van der Waals surface area contributed by atoms with Gasteiger partial charge in [-0.1, -0.05) is 33.6 Å². The molecule has 18 heavy (non-hydrogen) atoms. The summed E-state index contributed by atoms with van der Waals surface area (Å²) in [5, 5.41) is 0. The van der Waals surface area contributed by atoms with Crippen LogP contribution in [0, 0.1) is 17.3 Å². The Morgan fingerprint density at radius 3 is 2.44 bits per heavy atom. The van der Waals surface area contributed by atoms with Gasteiger partial charge in [-0.3, -0.25) is 4.90 Å². The van der Waals surface area contributed by atoms with Crippen LogP contribution >= 0.6 is 12.6 Å². The summed E-state index contributed by atoms with van der Waals surface area (Å²) in [5.74, 6) is 2.76. The minimum atomic E-state index is 0.392. The molecule has 0 aromatic heterocycles. The maximum atomic E-state index is 4.60. The lowest BCUT2D eigenvalue weighted by atomic mass is 9.76. The molecule has 0 amide bonds. The number of nitrogens with zero attached hydrogens (tertiary/aromatic N) is 1. The molecule has 1 saturated carbocycles. The standard InChI is InChI=1S/C16H31NS/c1-16(2,3)14(12-18)11-17-10-6-8-13-7-4-5-9-15(13)17/h13-15,18H,4-12H2,1-3H3. The van der Waals surface area contributed by atoms with Crippen molar-refractivity contribution in [2.24, 2.45) is 17.3 Å². The summed E-state index contributed by atoms with van der Waals surface area (Å²) in [6.45, 7) is 9.72. The van der Waals surface area contributed by atoms with E-state index in [0.717, 1.165) is 23.6 Å². The highest BCUT2D eigenvalue weighted by Crippen LogP contribution is 2.37. The van der Waals surface area contributed by atoms with Crippen LogP contribution < -0.4 is 0 Å². The first kappa shape index (κ1) is 14.7. The molecular formula is C16H31NS. The van der Waals surface area contributed by atoms with Gasteiger partial charge in [-0.05, 0) is 55.2 Å². The lowest BCUT2D eigenvalue weighted by molar-refractivity contribution is 0.0351. The van der Waals surface area contributed by atoms with Crippen molar-refractivity contribution in [3.8, 4) is 0 Å². The second kappa shape index (κ2) is 6.17. The zero-order valence-corrected chi connectivity index (χ0v) is 13.4. The van der Waals surface area contributed by atoms with Gasteiger partial charge in [0.15, 0.2) is 0 Å². The summed E-state index contributed by atoms with van der Waals surface area (Å²) < 4.78 is 0. The smallest absolute Gasteiger partial charge is 0.0124 e. The zero-order valence-electron chi connectivity index (χ0n) is 12.5. The Bertz CT molecular complexity index is 256. The van der Waals surface area contributed by atoms with Gasteiger partial charge in [-0.2, -0.15) is 12.6 Å². The lowest BCUT2D eigenvalue weighted by Gasteiger charge is -2.46. The van der Waals surface area contributed by atoms with Crippen LogP contribution in [-0.2, 0) is 0 Å². The van der Waals surface area contributed by atoms with E-state index < -0.39 is 0 Å². The second-order valence-corrected chi connectivity index (χ2v) is 7.86. The van der Waals surface area contributed by atoms with Crippen LogP contribution in [0.25, 0.3) is 0 Å². The Kier molecular flexibility index (Phi) is 5.05. The van der Waals surface area contributed by atoms with Crippen LogP contribution in [0.3, 0.4) is 0 Å². The quantitative estimate of drug-likeness (QED) is 0.750. The Morgan fingerprint density at radius 1 is 1.11 bits per heavy atom. The van der Waals surface area contributed by atoms with Crippen LogP contribution in [-0.4, -0.2) is 29.8 Å². The molecule has 0 bridgehead atoms. The van der Waals surface area contributed by atoms with Crippen LogP contribution in [0.15, 0.2) is 0 Å². The number of thiol groups is 1. The van der Waals surface area contributed by atoms with Gasteiger partial charge in [0, 0.05) is 12.6 Å². The minimum Gasteiger partial charge on any atom is -0.300 e. The molecule has 1 heterocycles. The molecule has 106 valence electrons. The molecule has 0 aromatic rings. The number of hydrogen-bond donors (Lipinski definition) is 1. The van der Waals surface area contributed by atoms with E-state index in [-0.39, 0.29) is 0 Å². The predicted molar refractivity (Wildman–Crippen MR) is 83.4 cm³/mol. The first-order valence-corrected chi connectivity index (χ1v) is 8.50. The molecule has 2 fully saturated rings. The molecule has 2 aliphatic rings. The number of piperidine rings is 1. The van der Waals surface area contributed by atoms with Gasteiger partial charge in [-0.15, -0.1) is 0 Å². The van der Waals surface area contributed by atoms with E-state index >= 15 is 0 Å². The predicted octanol–water partition coefficient (Wildman–Crippen LogP) is 4.23. The van der Waals surface area contributed by atoms with E-state index in [9.17, 15) is 0 Å². The zero-order chi connectivity index (χ0) is 13.2. The Morgan fingerprint density at radius 2 is 1.78 bits per heavy atom. The molecule has 0 spiro atoms. The summed E-state index contributed by atoms with van der Waals surface area (Å²) in [5.41, 5.74) is 0.392. The third kappa shape index (κ3) is 3.45. The Balaban J connectivity index is 1.98. The number of likely N-dealkylation sites (tertiary alicyclic amines) is 1. The van der Waals surface area contributed by atoms with E-state index in [4.69, 9.17) is 0 Å². The summed E-state index contributed by atoms with van der Waals surface area (Å²) in [6.07, 6.45) is 8.78. The molecule has 3 atom stereocenters. The van der Waals surface area contributed by atoms with Gasteiger partial charge in [0.25, 0.3) is 0 Å². The summed E-state index contributed by atoms with van der Waals surface area (Å²) in [7, 11) is 0. The van der Waals surface area contributed by atoms with Crippen molar-refractivity contribution in [2.45, 2.75) is 65.3 Å². The van der Waals surface area contributed by atoms with Crippen LogP contribution in [0.2, 0.25) is 0 Å². The molecule has 1 nitrogen and oxygen atoms in total. The average Bonchev–Trinajstić information content (AvgIpc) is 2.34. The fourth-order valence-corrected chi connectivity index (χ4v) is 4.51. The van der Waals surface area contributed by atoms with Crippen molar-refractivity contribution in [3.63, 3.8) is 0 Å². The van der Waals surface area contributed by atoms with Gasteiger partial charge in [0.2, 0.25) is 0 Å². The highest BCUT2D eigenvalue weighted by molar-refractivity contribution is 7.80. The highest BCUT2D eigenvalue weighted by Gasteiger charge is 2.35. The van der Waals surface area contributed by atoms with Gasteiger partial charge >= 0.3 is 0 Å². The van der Waals surface area contributed by atoms with Crippen LogP contribution in [0.4, 0.5) is 0 Å². The number of rotatable bonds is 3. The Labute approximate surface area is 119 Å². The van der Waals surface area contributed by atoms with Crippen LogP contribution in [0.1, 0.15) is 59.3 Å².